The third-order valence-corrected chi connectivity index (χ3v) is 5.29. The van der Waals surface area contributed by atoms with Gasteiger partial charge in [-0.25, -0.2) is 0 Å². The predicted octanol–water partition coefficient (Wildman–Crippen LogP) is 4.86. The molecule has 0 amide bonds. The molecule has 0 atom stereocenters. The zero-order valence-electron chi connectivity index (χ0n) is 15.9. The Hall–Kier alpha value is -2.49. The van der Waals surface area contributed by atoms with Gasteiger partial charge < -0.3 is 10.2 Å². The molecule has 29 heavy (non-hydrogen) atoms. The molecule has 2 nitrogen and oxygen atoms in total. The maximum Gasteiger partial charge on any atom is 0.152 e. The van der Waals surface area contributed by atoms with Gasteiger partial charge in [-0.05, 0) is 22.3 Å². The van der Waals surface area contributed by atoms with Gasteiger partial charge in [0.1, 0.15) is 0 Å². The molecule has 0 aliphatic carbocycles. The first-order valence-electron chi connectivity index (χ1n) is 9.34. The molecule has 0 saturated heterocycles. The van der Waals surface area contributed by atoms with Crippen LogP contribution in [0.4, 0.5) is 0 Å². The molecular formula is C26H22O2Ti. The molecule has 0 fully saturated rings. The van der Waals surface area contributed by atoms with Gasteiger partial charge >= 0.3 is 0 Å². The smallest absolute Gasteiger partial charge is 0.152 e. The summed E-state index contributed by atoms with van der Waals surface area (Å²) in [7, 11) is 0. The van der Waals surface area contributed by atoms with Gasteiger partial charge in [-0.3, -0.25) is 0 Å². The molecule has 4 aromatic carbocycles. The molecule has 4 rings (SSSR count). The van der Waals surface area contributed by atoms with Gasteiger partial charge in [-0.1, -0.05) is 121 Å². The van der Waals surface area contributed by atoms with Crippen LogP contribution in [0, 0.1) is 0 Å². The van der Waals surface area contributed by atoms with E-state index in [0.29, 0.717) is 22.3 Å². The Balaban J connectivity index is 0.00000240. The van der Waals surface area contributed by atoms with Crippen molar-refractivity contribution in [2.75, 3.05) is 0 Å². The van der Waals surface area contributed by atoms with E-state index in [-0.39, 0.29) is 21.7 Å². The van der Waals surface area contributed by atoms with E-state index in [4.69, 9.17) is 0 Å². The Morgan fingerprint density at radius 1 is 0.345 bits per heavy atom. The number of rotatable bonds is 5. The second-order valence-electron chi connectivity index (χ2n) is 6.88. The molecule has 0 aliphatic rings. The zero-order chi connectivity index (χ0) is 19.5. The van der Waals surface area contributed by atoms with Crippen molar-refractivity contribution in [3.63, 3.8) is 0 Å². The Bertz CT molecular complexity index is 853. The summed E-state index contributed by atoms with van der Waals surface area (Å²) >= 11 is 0. The summed E-state index contributed by atoms with van der Waals surface area (Å²) in [4.78, 5) is 0. The summed E-state index contributed by atoms with van der Waals surface area (Å²) < 4.78 is 0. The average Bonchev–Trinajstić information content (AvgIpc) is 2.80. The van der Waals surface area contributed by atoms with Gasteiger partial charge in [0.25, 0.3) is 0 Å². The molecule has 0 heterocycles. The maximum atomic E-state index is 12.3. The third kappa shape index (κ3) is 3.61. The zero-order valence-corrected chi connectivity index (χ0v) is 17.5. The van der Waals surface area contributed by atoms with Crippen LogP contribution in [0.5, 0.6) is 0 Å². The van der Waals surface area contributed by atoms with E-state index in [9.17, 15) is 10.2 Å². The molecule has 2 N–H and O–H groups in total. The average molecular weight is 414 g/mol. The van der Waals surface area contributed by atoms with Crippen LogP contribution in [0.15, 0.2) is 121 Å². The first-order valence-corrected chi connectivity index (χ1v) is 9.34. The molecule has 0 aromatic heterocycles. The van der Waals surface area contributed by atoms with Crippen LogP contribution >= 0.6 is 0 Å². The molecule has 0 spiro atoms. The predicted molar refractivity (Wildman–Crippen MR) is 112 cm³/mol. The van der Waals surface area contributed by atoms with Gasteiger partial charge in [0.05, 0.1) is 0 Å². The number of hydrogen-bond donors (Lipinski definition) is 2. The van der Waals surface area contributed by atoms with Crippen LogP contribution in [-0.4, -0.2) is 10.2 Å². The van der Waals surface area contributed by atoms with Crippen LogP contribution in [0.25, 0.3) is 0 Å². The quantitative estimate of drug-likeness (QED) is 0.458. The monoisotopic (exact) mass is 414 g/mol. The van der Waals surface area contributed by atoms with Crippen molar-refractivity contribution >= 4 is 0 Å². The molecule has 0 radical (unpaired) electrons. The largest absolute Gasteiger partial charge is 0.377 e. The van der Waals surface area contributed by atoms with Crippen molar-refractivity contribution in [2.24, 2.45) is 0 Å². The Kier molecular flexibility index (Phi) is 6.51. The number of hydrogen-bond acceptors (Lipinski definition) is 2. The summed E-state index contributed by atoms with van der Waals surface area (Å²) in [6.07, 6.45) is 0. The maximum absolute atomic E-state index is 12.3. The summed E-state index contributed by atoms with van der Waals surface area (Å²) in [5.41, 5.74) is -0.906. The summed E-state index contributed by atoms with van der Waals surface area (Å²) in [5, 5.41) is 24.7. The van der Waals surface area contributed by atoms with Crippen LogP contribution < -0.4 is 0 Å². The van der Waals surface area contributed by atoms with Crippen LogP contribution in [0.2, 0.25) is 0 Å². The van der Waals surface area contributed by atoms with Gasteiger partial charge in [-0.2, -0.15) is 0 Å². The fourth-order valence-electron chi connectivity index (χ4n) is 3.89. The summed E-state index contributed by atoms with van der Waals surface area (Å²) in [5.74, 6) is 0. The van der Waals surface area contributed by atoms with Crippen molar-refractivity contribution in [3.8, 4) is 0 Å². The standard InChI is InChI=1S/C26H22O2.Ti/c27-25(21-13-5-1-6-14-21,22-15-7-2-8-16-22)26(28,23-17-9-3-10-18-23)24-19-11-4-12-20-24;/h1-20,27-28H;. The Morgan fingerprint density at radius 2 is 0.517 bits per heavy atom. The van der Waals surface area contributed by atoms with Crippen molar-refractivity contribution in [1.29, 1.82) is 0 Å². The fourth-order valence-corrected chi connectivity index (χ4v) is 3.89. The second-order valence-corrected chi connectivity index (χ2v) is 6.88. The molecule has 3 heteroatoms. The topological polar surface area (TPSA) is 40.5 Å². The molecule has 0 saturated carbocycles. The Morgan fingerprint density at radius 3 is 0.690 bits per heavy atom. The molecule has 0 aliphatic heterocycles. The van der Waals surface area contributed by atoms with E-state index in [1.165, 1.54) is 0 Å². The Labute approximate surface area is 186 Å². The van der Waals surface area contributed by atoms with E-state index >= 15 is 0 Å². The first-order chi connectivity index (χ1) is 13.7. The van der Waals surface area contributed by atoms with Crippen molar-refractivity contribution in [3.05, 3.63) is 144 Å². The minimum atomic E-state index is -1.70. The van der Waals surface area contributed by atoms with Crippen LogP contribution in [-0.2, 0) is 32.9 Å². The first kappa shape index (κ1) is 21.2. The van der Waals surface area contributed by atoms with Crippen LogP contribution in [0.3, 0.4) is 0 Å². The van der Waals surface area contributed by atoms with Crippen molar-refractivity contribution in [2.45, 2.75) is 11.2 Å². The van der Waals surface area contributed by atoms with Crippen LogP contribution in [0.1, 0.15) is 22.3 Å². The van der Waals surface area contributed by atoms with Gasteiger partial charge in [0, 0.05) is 21.7 Å². The van der Waals surface area contributed by atoms with Gasteiger partial charge in [0.15, 0.2) is 11.2 Å². The molecular weight excluding hydrogens is 392 g/mol. The number of aliphatic hydroxyl groups is 2. The van der Waals surface area contributed by atoms with E-state index < -0.39 is 11.2 Å². The van der Waals surface area contributed by atoms with Crippen molar-refractivity contribution < 1.29 is 31.9 Å². The fraction of sp³-hybridized carbons (Fsp3) is 0.0769. The van der Waals surface area contributed by atoms with E-state index in [0.717, 1.165) is 0 Å². The molecule has 142 valence electrons. The van der Waals surface area contributed by atoms with Gasteiger partial charge in [-0.15, -0.1) is 0 Å². The van der Waals surface area contributed by atoms with E-state index in [1.54, 1.807) is 0 Å². The second kappa shape index (κ2) is 8.90. The van der Waals surface area contributed by atoms with Gasteiger partial charge in [0.2, 0.25) is 0 Å². The summed E-state index contributed by atoms with van der Waals surface area (Å²) in [6, 6.07) is 37.4. The van der Waals surface area contributed by atoms with Crippen molar-refractivity contribution in [1.82, 2.24) is 0 Å². The SMILES string of the molecule is OC(c1ccccc1)(c1ccccc1)C(O)(c1ccccc1)c1ccccc1.[Ti]. The molecule has 0 unspecified atom stereocenters. The third-order valence-electron chi connectivity index (χ3n) is 5.29. The minimum Gasteiger partial charge on any atom is -0.377 e. The minimum absolute atomic E-state index is 0. The molecule has 0 bridgehead atoms. The summed E-state index contributed by atoms with van der Waals surface area (Å²) in [6.45, 7) is 0. The van der Waals surface area contributed by atoms with E-state index in [1.807, 2.05) is 121 Å². The molecule has 4 aromatic rings. The normalized spacial score (nSPS) is 11.5. The number of benzene rings is 4. The van der Waals surface area contributed by atoms with E-state index in [2.05, 4.69) is 0 Å².